The standard InChI is InChI=1S/C27H23Cl2N3O/c28-19-7-4-8-21(15-19)30-27(33)26-22-16-20(29)9-10-24(22)31-25-12-14-32(17-23(25)26)13-11-18-5-2-1-3-6-18/h1-10,15-16H,11-14,17H2,(H,30,33). The molecule has 3 aromatic carbocycles. The number of carbonyl (C=O) groups is 1. The minimum Gasteiger partial charge on any atom is -0.322 e. The van der Waals surface area contributed by atoms with E-state index >= 15 is 0 Å². The molecule has 0 unspecified atom stereocenters. The van der Waals surface area contributed by atoms with Crippen LogP contribution in [-0.2, 0) is 19.4 Å². The third-order valence-corrected chi connectivity index (χ3v) is 6.52. The summed E-state index contributed by atoms with van der Waals surface area (Å²) in [6.45, 7) is 2.52. The molecule has 0 radical (unpaired) electrons. The summed E-state index contributed by atoms with van der Waals surface area (Å²) >= 11 is 12.4. The van der Waals surface area contributed by atoms with Crippen LogP contribution in [0.3, 0.4) is 0 Å². The fourth-order valence-electron chi connectivity index (χ4n) is 4.41. The van der Waals surface area contributed by atoms with Crippen LogP contribution in [0.1, 0.15) is 27.2 Å². The quantitative estimate of drug-likeness (QED) is 0.363. The first-order valence-corrected chi connectivity index (χ1v) is 11.8. The molecule has 5 rings (SSSR count). The van der Waals surface area contributed by atoms with Crippen molar-refractivity contribution in [3.8, 4) is 0 Å². The number of carbonyl (C=O) groups excluding carboxylic acids is 1. The lowest BCUT2D eigenvalue weighted by atomic mass is 9.94. The molecule has 0 saturated carbocycles. The van der Waals surface area contributed by atoms with Crippen molar-refractivity contribution in [3.05, 3.63) is 105 Å². The number of nitrogens with one attached hydrogen (secondary N) is 1. The molecule has 166 valence electrons. The summed E-state index contributed by atoms with van der Waals surface area (Å²) in [7, 11) is 0. The second-order valence-electron chi connectivity index (χ2n) is 8.30. The van der Waals surface area contributed by atoms with Crippen molar-refractivity contribution in [2.24, 2.45) is 0 Å². The van der Waals surface area contributed by atoms with Gasteiger partial charge in [0, 0.05) is 58.4 Å². The van der Waals surface area contributed by atoms with Gasteiger partial charge in [0.05, 0.1) is 11.1 Å². The van der Waals surface area contributed by atoms with Gasteiger partial charge in [0.2, 0.25) is 0 Å². The van der Waals surface area contributed by atoms with Crippen LogP contribution in [-0.4, -0.2) is 28.9 Å². The summed E-state index contributed by atoms with van der Waals surface area (Å²) in [5, 5.41) is 4.94. The third kappa shape index (κ3) is 4.88. The van der Waals surface area contributed by atoms with Crippen LogP contribution in [0.5, 0.6) is 0 Å². The molecule has 1 amide bonds. The first-order valence-electron chi connectivity index (χ1n) is 11.0. The van der Waals surface area contributed by atoms with E-state index in [1.807, 2.05) is 36.4 Å². The van der Waals surface area contributed by atoms with Crippen molar-refractivity contribution < 1.29 is 4.79 Å². The van der Waals surface area contributed by atoms with Gasteiger partial charge in [0.1, 0.15) is 0 Å². The number of hydrogen-bond donors (Lipinski definition) is 1. The molecule has 33 heavy (non-hydrogen) atoms. The highest BCUT2D eigenvalue weighted by Gasteiger charge is 2.26. The lowest BCUT2D eigenvalue weighted by Gasteiger charge is -2.30. The fraction of sp³-hybridized carbons (Fsp3) is 0.185. The van der Waals surface area contributed by atoms with Crippen LogP contribution in [0, 0.1) is 0 Å². The monoisotopic (exact) mass is 475 g/mol. The van der Waals surface area contributed by atoms with Gasteiger partial charge in [-0.3, -0.25) is 14.7 Å². The van der Waals surface area contributed by atoms with E-state index in [0.717, 1.165) is 48.1 Å². The largest absolute Gasteiger partial charge is 0.322 e. The van der Waals surface area contributed by atoms with Gasteiger partial charge in [-0.05, 0) is 48.4 Å². The molecule has 4 nitrogen and oxygen atoms in total. The highest BCUT2D eigenvalue weighted by Crippen LogP contribution is 2.31. The summed E-state index contributed by atoms with van der Waals surface area (Å²) in [5.41, 5.74) is 5.35. The Kier molecular flexibility index (Phi) is 6.32. The van der Waals surface area contributed by atoms with Gasteiger partial charge in [-0.25, -0.2) is 0 Å². The number of aromatic nitrogens is 1. The molecule has 0 spiro atoms. The summed E-state index contributed by atoms with van der Waals surface area (Å²) in [4.78, 5) is 20.8. The second-order valence-corrected chi connectivity index (χ2v) is 9.17. The van der Waals surface area contributed by atoms with Crippen molar-refractivity contribution in [1.82, 2.24) is 9.88 Å². The Morgan fingerprint density at radius 1 is 0.970 bits per heavy atom. The molecular weight excluding hydrogens is 453 g/mol. The highest BCUT2D eigenvalue weighted by atomic mass is 35.5. The van der Waals surface area contributed by atoms with Crippen LogP contribution in [0.4, 0.5) is 5.69 Å². The van der Waals surface area contributed by atoms with Crippen molar-refractivity contribution in [2.45, 2.75) is 19.4 Å². The van der Waals surface area contributed by atoms with Gasteiger partial charge >= 0.3 is 0 Å². The number of rotatable bonds is 5. The SMILES string of the molecule is O=C(Nc1cccc(Cl)c1)c1c2c(nc3ccc(Cl)cc13)CCN(CCc1ccccc1)C2. The third-order valence-electron chi connectivity index (χ3n) is 6.05. The lowest BCUT2D eigenvalue weighted by Crippen LogP contribution is -2.34. The normalized spacial score (nSPS) is 13.6. The van der Waals surface area contributed by atoms with E-state index in [2.05, 4.69) is 34.5 Å². The average molecular weight is 476 g/mol. The molecule has 4 aromatic rings. The molecule has 0 atom stereocenters. The highest BCUT2D eigenvalue weighted by molar-refractivity contribution is 6.32. The zero-order valence-corrected chi connectivity index (χ0v) is 19.5. The molecule has 1 N–H and O–H groups in total. The minimum absolute atomic E-state index is 0.173. The molecule has 1 aliphatic rings. The van der Waals surface area contributed by atoms with E-state index in [-0.39, 0.29) is 5.91 Å². The molecule has 6 heteroatoms. The number of nitrogens with zero attached hydrogens (tertiary/aromatic N) is 2. The number of pyridine rings is 1. The Morgan fingerprint density at radius 3 is 2.61 bits per heavy atom. The number of anilines is 1. The maximum Gasteiger partial charge on any atom is 0.256 e. The van der Waals surface area contributed by atoms with Crippen molar-refractivity contribution in [2.75, 3.05) is 18.4 Å². The molecule has 0 bridgehead atoms. The first kappa shape index (κ1) is 21.9. The van der Waals surface area contributed by atoms with Crippen LogP contribution in [0.2, 0.25) is 10.0 Å². The summed E-state index contributed by atoms with van der Waals surface area (Å²) in [5.74, 6) is -0.173. The fourth-order valence-corrected chi connectivity index (χ4v) is 4.77. The van der Waals surface area contributed by atoms with E-state index in [1.54, 1.807) is 12.1 Å². The Hall–Kier alpha value is -2.92. The minimum atomic E-state index is -0.173. The molecule has 0 fully saturated rings. The van der Waals surface area contributed by atoms with Gasteiger partial charge in [0.15, 0.2) is 0 Å². The topological polar surface area (TPSA) is 45.2 Å². The molecular formula is C27H23Cl2N3O. The van der Waals surface area contributed by atoms with E-state index in [4.69, 9.17) is 28.2 Å². The Balaban J connectivity index is 1.50. The zero-order valence-electron chi connectivity index (χ0n) is 18.0. The average Bonchev–Trinajstić information content (AvgIpc) is 2.82. The van der Waals surface area contributed by atoms with Gasteiger partial charge in [-0.15, -0.1) is 0 Å². The van der Waals surface area contributed by atoms with Crippen LogP contribution in [0.15, 0.2) is 72.8 Å². The van der Waals surface area contributed by atoms with E-state index in [9.17, 15) is 4.79 Å². The maximum absolute atomic E-state index is 13.6. The van der Waals surface area contributed by atoms with Gasteiger partial charge < -0.3 is 5.32 Å². The number of benzene rings is 3. The number of fused-ring (bicyclic) bond motifs is 2. The Labute approximate surface area is 203 Å². The predicted molar refractivity (Wildman–Crippen MR) is 135 cm³/mol. The first-order chi connectivity index (χ1) is 16.1. The van der Waals surface area contributed by atoms with Crippen LogP contribution >= 0.6 is 23.2 Å². The van der Waals surface area contributed by atoms with Crippen molar-refractivity contribution in [3.63, 3.8) is 0 Å². The smallest absolute Gasteiger partial charge is 0.256 e. The van der Waals surface area contributed by atoms with Gasteiger partial charge in [0.25, 0.3) is 5.91 Å². The summed E-state index contributed by atoms with van der Waals surface area (Å²) in [6.07, 6.45) is 1.77. The van der Waals surface area contributed by atoms with Crippen LogP contribution in [0.25, 0.3) is 10.9 Å². The Morgan fingerprint density at radius 2 is 1.79 bits per heavy atom. The summed E-state index contributed by atoms with van der Waals surface area (Å²) < 4.78 is 0. The number of halogens is 2. The molecule has 1 aromatic heterocycles. The predicted octanol–water partition coefficient (Wildman–Crippen LogP) is 6.39. The molecule has 0 aliphatic carbocycles. The lowest BCUT2D eigenvalue weighted by molar-refractivity contribution is 0.102. The molecule has 1 aliphatic heterocycles. The maximum atomic E-state index is 13.6. The van der Waals surface area contributed by atoms with Gasteiger partial charge in [-0.1, -0.05) is 59.6 Å². The summed E-state index contributed by atoms with van der Waals surface area (Å²) in [6, 6.07) is 23.2. The van der Waals surface area contributed by atoms with E-state index in [1.165, 1.54) is 5.56 Å². The van der Waals surface area contributed by atoms with E-state index < -0.39 is 0 Å². The second kappa shape index (κ2) is 9.52. The number of amides is 1. The number of hydrogen-bond acceptors (Lipinski definition) is 3. The molecule has 2 heterocycles. The van der Waals surface area contributed by atoms with Gasteiger partial charge in [-0.2, -0.15) is 0 Å². The molecule has 0 saturated heterocycles. The van der Waals surface area contributed by atoms with E-state index in [0.29, 0.717) is 27.8 Å². The van der Waals surface area contributed by atoms with Crippen molar-refractivity contribution in [1.29, 1.82) is 0 Å². The van der Waals surface area contributed by atoms with Crippen molar-refractivity contribution >= 4 is 45.7 Å². The Bertz CT molecular complexity index is 1320. The zero-order chi connectivity index (χ0) is 22.8. The van der Waals surface area contributed by atoms with Crippen LogP contribution < -0.4 is 5.32 Å².